The van der Waals surface area contributed by atoms with Gasteiger partial charge in [0.25, 0.3) is 5.91 Å². The molecule has 5 nitrogen and oxygen atoms in total. The van der Waals surface area contributed by atoms with Crippen LogP contribution >= 0.6 is 0 Å². The van der Waals surface area contributed by atoms with E-state index in [1.807, 2.05) is 37.3 Å². The number of amides is 1. The Hall–Kier alpha value is -3.13. The minimum Gasteiger partial charge on any atom is -0.490 e. The van der Waals surface area contributed by atoms with Gasteiger partial charge in [0, 0.05) is 25.4 Å². The summed E-state index contributed by atoms with van der Waals surface area (Å²) >= 11 is 0. The van der Waals surface area contributed by atoms with Gasteiger partial charge in [-0.05, 0) is 47.9 Å². The van der Waals surface area contributed by atoms with Crippen molar-refractivity contribution in [3.8, 4) is 11.8 Å². The summed E-state index contributed by atoms with van der Waals surface area (Å²) in [6, 6.07) is 11.3. The molecule has 0 saturated heterocycles. The first-order valence-corrected chi connectivity index (χ1v) is 7.74. The maximum atomic E-state index is 12.2. The molecule has 3 rings (SSSR count). The number of pyridine rings is 1. The average Bonchev–Trinajstić information content (AvgIpc) is 2.97. The average molecular weight is 319 g/mol. The topological polar surface area (TPSA) is 75.0 Å². The van der Waals surface area contributed by atoms with Crippen molar-refractivity contribution in [1.29, 1.82) is 5.26 Å². The fourth-order valence-electron chi connectivity index (χ4n) is 2.63. The van der Waals surface area contributed by atoms with Gasteiger partial charge in [0.15, 0.2) is 0 Å². The molecule has 24 heavy (non-hydrogen) atoms. The zero-order chi connectivity index (χ0) is 16.9. The Balaban J connectivity index is 1.71. The van der Waals surface area contributed by atoms with Crippen molar-refractivity contribution < 1.29 is 9.53 Å². The minimum atomic E-state index is -0.397. The van der Waals surface area contributed by atoms with E-state index < -0.39 is 5.91 Å². The number of carbonyl (C=O) groups is 1. The van der Waals surface area contributed by atoms with Gasteiger partial charge in [-0.15, -0.1) is 0 Å². The molecule has 1 aromatic carbocycles. The monoisotopic (exact) mass is 319 g/mol. The lowest BCUT2D eigenvalue weighted by Crippen LogP contribution is -2.24. The Morgan fingerprint density at radius 2 is 2.38 bits per heavy atom. The second kappa shape index (κ2) is 6.97. The number of nitriles is 1. The Kier molecular flexibility index (Phi) is 4.57. The first-order chi connectivity index (χ1) is 11.7. The summed E-state index contributed by atoms with van der Waals surface area (Å²) in [6.45, 7) is 2.35. The predicted molar refractivity (Wildman–Crippen MR) is 89.9 cm³/mol. The second-order valence-corrected chi connectivity index (χ2v) is 5.71. The number of carbonyl (C=O) groups excluding carboxylic acids is 1. The van der Waals surface area contributed by atoms with E-state index in [2.05, 4.69) is 10.3 Å². The normalized spacial score (nSPS) is 16.0. The van der Waals surface area contributed by atoms with Crippen molar-refractivity contribution in [2.45, 2.75) is 26.0 Å². The first kappa shape index (κ1) is 15.8. The molecule has 0 saturated carbocycles. The summed E-state index contributed by atoms with van der Waals surface area (Å²) < 4.78 is 5.66. The van der Waals surface area contributed by atoms with Crippen molar-refractivity contribution >= 4 is 12.0 Å². The third-order valence-electron chi connectivity index (χ3n) is 3.77. The largest absolute Gasteiger partial charge is 0.490 e. The lowest BCUT2D eigenvalue weighted by atomic mass is 10.0. The van der Waals surface area contributed by atoms with E-state index in [1.165, 1.54) is 0 Å². The second-order valence-electron chi connectivity index (χ2n) is 5.71. The molecule has 0 bridgehead atoms. The summed E-state index contributed by atoms with van der Waals surface area (Å²) in [6.07, 6.45) is 5.95. The van der Waals surface area contributed by atoms with Crippen LogP contribution in [0, 0.1) is 11.3 Å². The van der Waals surface area contributed by atoms with Gasteiger partial charge in [-0.3, -0.25) is 9.78 Å². The van der Waals surface area contributed by atoms with Crippen LogP contribution in [0.4, 0.5) is 0 Å². The van der Waals surface area contributed by atoms with Gasteiger partial charge in [0.1, 0.15) is 23.5 Å². The Morgan fingerprint density at radius 1 is 1.50 bits per heavy atom. The molecule has 1 aromatic heterocycles. The van der Waals surface area contributed by atoms with Gasteiger partial charge in [-0.2, -0.15) is 5.26 Å². The molecule has 1 aliphatic rings. The zero-order valence-corrected chi connectivity index (χ0v) is 13.3. The van der Waals surface area contributed by atoms with Crippen LogP contribution in [-0.2, 0) is 17.8 Å². The van der Waals surface area contributed by atoms with Gasteiger partial charge in [-0.25, -0.2) is 0 Å². The van der Waals surface area contributed by atoms with Crippen LogP contribution in [0.15, 0.2) is 48.3 Å². The summed E-state index contributed by atoms with van der Waals surface area (Å²) in [5.74, 6) is 0.477. The summed E-state index contributed by atoms with van der Waals surface area (Å²) in [5.41, 5.74) is 2.88. The molecule has 120 valence electrons. The van der Waals surface area contributed by atoms with Crippen LogP contribution in [0.3, 0.4) is 0 Å². The number of hydrogen-bond acceptors (Lipinski definition) is 4. The number of aromatic nitrogens is 1. The van der Waals surface area contributed by atoms with Crippen LogP contribution in [0.5, 0.6) is 5.75 Å². The fourth-order valence-corrected chi connectivity index (χ4v) is 2.63. The van der Waals surface area contributed by atoms with E-state index in [0.29, 0.717) is 6.54 Å². The van der Waals surface area contributed by atoms with E-state index >= 15 is 0 Å². The van der Waals surface area contributed by atoms with Crippen molar-refractivity contribution in [2.24, 2.45) is 0 Å². The number of hydrogen-bond donors (Lipinski definition) is 1. The van der Waals surface area contributed by atoms with Gasteiger partial charge in [0.2, 0.25) is 0 Å². The van der Waals surface area contributed by atoms with Crippen molar-refractivity contribution in [3.63, 3.8) is 0 Å². The highest BCUT2D eigenvalue weighted by Crippen LogP contribution is 2.29. The van der Waals surface area contributed by atoms with Crippen LogP contribution in [-0.4, -0.2) is 17.0 Å². The smallest absolute Gasteiger partial charge is 0.262 e. The molecule has 1 N–H and O–H groups in total. The molecular formula is C19H17N3O2. The highest BCUT2D eigenvalue weighted by Gasteiger charge is 2.19. The summed E-state index contributed by atoms with van der Waals surface area (Å²) in [5, 5.41) is 12.0. The van der Waals surface area contributed by atoms with Crippen LogP contribution in [0.25, 0.3) is 6.08 Å². The van der Waals surface area contributed by atoms with E-state index in [1.54, 1.807) is 24.5 Å². The minimum absolute atomic E-state index is 0.0748. The number of nitrogens with zero attached hydrogens (tertiary/aromatic N) is 2. The molecule has 5 heteroatoms. The molecular weight excluding hydrogens is 302 g/mol. The molecule has 1 atom stereocenters. The van der Waals surface area contributed by atoms with Crippen LogP contribution in [0.1, 0.15) is 23.6 Å². The maximum absolute atomic E-state index is 12.2. The Bertz CT molecular complexity index is 822. The number of rotatable bonds is 4. The van der Waals surface area contributed by atoms with E-state index in [-0.39, 0.29) is 11.7 Å². The van der Waals surface area contributed by atoms with Gasteiger partial charge in [-0.1, -0.05) is 12.1 Å². The number of nitrogens with one attached hydrogen (secondary N) is 1. The van der Waals surface area contributed by atoms with Crippen LogP contribution in [0.2, 0.25) is 0 Å². The number of ether oxygens (including phenoxy) is 1. The molecule has 1 aliphatic heterocycles. The Morgan fingerprint density at radius 3 is 3.12 bits per heavy atom. The highest BCUT2D eigenvalue weighted by atomic mass is 16.5. The first-order valence-electron chi connectivity index (χ1n) is 7.74. The lowest BCUT2D eigenvalue weighted by Gasteiger charge is -2.05. The number of fused-ring (bicyclic) bond motifs is 1. The molecule has 2 aromatic rings. The molecule has 0 fully saturated rings. The van der Waals surface area contributed by atoms with E-state index in [0.717, 1.165) is 28.9 Å². The predicted octanol–water partition coefficient (Wildman–Crippen LogP) is 2.63. The van der Waals surface area contributed by atoms with Crippen molar-refractivity contribution in [1.82, 2.24) is 10.3 Å². The standard InChI is InChI=1S/C19H17N3O2/c1-13-7-16-8-14(4-5-18(16)24-13)9-17(10-20)19(23)22-12-15-3-2-6-21-11-15/h2-6,8-9,11,13H,7,12H2,1H3,(H,22,23)/b17-9+/t13-/m0/s1. The maximum Gasteiger partial charge on any atom is 0.262 e. The quantitative estimate of drug-likeness (QED) is 0.694. The van der Waals surface area contributed by atoms with Gasteiger partial charge < -0.3 is 10.1 Å². The van der Waals surface area contributed by atoms with E-state index in [9.17, 15) is 10.1 Å². The van der Waals surface area contributed by atoms with Gasteiger partial charge in [0.05, 0.1) is 0 Å². The molecule has 2 heterocycles. The fraction of sp³-hybridized carbons (Fsp3) is 0.211. The number of benzene rings is 1. The third kappa shape index (κ3) is 3.61. The van der Waals surface area contributed by atoms with E-state index in [4.69, 9.17) is 4.74 Å². The molecule has 0 unspecified atom stereocenters. The Labute approximate surface area is 140 Å². The van der Waals surface area contributed by atoms with Crippen molar-refractivity contribution in [3.05, 3.63) is 65.0 Å². The SMILES string of the molecule is C[C@H]1Cc2cc(/C=C(\C#N)C(=O)NCc3cccnc3)ccc2O1. The summed E-state index contributed by atoms with van der Waals surface area (Å²) in [7, 11) is 0. The van der Waals surface area contributed by atoms with Gasteiger partial charge >= 0.3 is 0 Å². The third-order valence-corrected chi connectivity index (χ3v) is 3.77. The summed E-state index contributed by atoms with van der Waals surface area (Å²) in [4.78, 5) is 16.2. The molecule has 0 aliphatic carbocycles. The van der Waals surface area contributed by atoms with Crippen LogP contribution < -0.4 is 10.1 Å². The molecule has 0 radical (unpaired) electrons. The molecule has 0 spiro atoms. The zero-order valence-electron chi connectivity index (χ0n) is 13.3. The van der Waals surface area contributed by atoms with Crippen molar-refractivity contribution in [2.75, 3.05) is 0 Å². The highest BCUT2D eigenvalue weighted by molar-refractivity contribution is 6.01. The molecule has 1 amide bonds. The lowest BCUT2D eigenvalue weighted by molar-refractivity contribution is -0.117.